The fourth-order valence-corrected chi connectivity index (χ4v) is 2.84. The van der Waals surface area contributed by atoms with E-state index >= 15 is 0 Å². The average molecular weight is 304 g/mol. The first kappa shape index (κ1) is 14.4. The van der Waals surface area contributed by atoms with Crippen molar-refractivity contribution in [3.63, 3.8) is 0 Å². The number of rotatable bonds is 2. The van der Waals surface area contributed by atoms with Crippen LogP contribution in [-0.4, -0.2) is 46.6 Å². The Morgan fingerprint density at radius 1 is 1.32 bits per heavy atom. The highest BCUT2D eigenvalue weighted by atomic mass is 16.5. The zero-order valence-electron chi connectivity index (χ0n) is 11.9. The zero-order valence-corrected chi connectivity index (χ0v) is 11.9. The largest absolute Gasteiger partial charge is 0.480 e. The number of amides is 2. The first-order chi connectivity index (χ1) is 10.5. The van der Waals surface area contributed by atoms with Gasteiger partial charge in [-0.1, -0.05) is 12.1 Å². The van der Waals surface area contributed by atoms with Crippen LogP contribution in [0.1, 0.15) is 29.6 Å². The lowest BCUT2D eigenvalue weighted by Gasteiger charge is -2.38. The minimum atomic E-state index is -1.05. The highest BCUT2D eigenvalue weighted by Crippen LogP contribution is 2.33. The van der Waals surface area contributed by atoms with Crippen molar-refractivity contribution < 1.29 is 24.2 Å². The number of nitrogens with one attached hydrogen (secondary N) is 1. The van der Waals surface area contributed by atoms with Gasteiger partial charge in [-0.05, 0) is 12.1 Å². The maximum absolute atomic E-state index is 12.2. The van der Waals surface area contributed by atoms with E-state index in [4.69, 9.17) is 9.84 Å². The van der Waals surface area contributed by atoms with E-state index in [0.29, 0.717) is 24.2 Å². The number of aliphatic carboxylic acids is 1. The molecule has 1 saturated heterocycles. The number of carbonyl (C=O) groups excluding carboxylic acids is 2. The Labute approximate surface area is 126 Å². The van der Waals surface area contributed by atoms with Crippen LogP contribution < -0.4 is 10.1 Å². The topological polar surface area (TPSA) is 95.9 Å². The molecule has 0 bridgehead atoms. The lowest BCUT2D eigenvalue weighted by Crippen LogP contribution is -2.56. The molecule has 2 amide bonds. The van der Waals surface area contributed by atoms with E-state index in [-0.39, 0.29) is 31.3 Å². The van der Waals surface area contributed by atoms with E-state index in [1.807, 2.05) is 0 Å². The fraction of sp³-hybridized carbons (Fsp3) is 0.400. The Hall–Kier alpha value is -2.57. The van der Waals surface area contributed by atoms with Crippen molar-refractivity contribution in [2.45, 2.75) is 25.0 Å². The molecule has 0 aromatic heterocycles. The molecular weight excluding hydrogens is 288 g/mol. The van der Waals surface area contributed by atoms with Gasteiger partial charge >= 0.3 is 5.97 Å². The molecule has 0 unspecified atom stereocenters. The Morgan fingerprint density at radius 3 is 2.86 bits per heavy atom. The van der Waals surface area contributed by atoms with Gasteiger partial charge < -0.3 is 20.1 Å². The van der Waals surface area contributed by atoms with Crippen LogP contribution in [0.25, 0.3) is 0 Å². The standard InChI is InChI=1S/C15H16N2O5/c18-12-5-6-15(7-8-17(12)9-13(19)20)16-14(21)10-3-1-2-4-11(10)22-15/h1-4H,5-9H2,(H,16,21)(H,19,20)/t15-/m1/s1. The summed E-state index contributed by atoms with van der Waals surface area (Å²) in [6, 6.07) is 6.93. The van der Waals surface area contributed by atoms with E-state index in [2.05, 4.69) is 5.32 Å². The second kappa shape index (κ2) is 5.32. The molecule has 22 heavy (non-hydrogen) atoms. The van der Waals surface area contributed by atoms with Crippen molar-refractivity contribution in [1.29, 1.82) is 0 Å². The van der Waals surface area contributed by atoms with E-state index in [1.54, 1.807) is 24.3 Å². The molecule has 1 aromatic rings. The van der Waals surface area contributed by atoms with Crippen LogP contribution in [0.15, 0.2) is 24.3 Å². The smallest absolute Gasteiger partial charge is 0.323 e. The number of benzene rings is 1. The van der Waals surface area contributed by atoms with Crippen molar-refractivity contribution in [1.82, 2.24) is 10.2 Å². The number of ether oxygens (including phenoxy) is 1. The predicted octanol–water partition coefficient (Wildman–Crippen LogP) is 0.602. The molecule has 1 aromatic carbocycles. The van der Waals surface area contributed by atoms with Gasteiger partial charge in [0.1, 0.15) is 12.3 Å². The van der Waals surface area contributed by atoms with Crippen LogP contribution in [0.2, 0.25) is 0 Å². The van der Waals surface area contributed by atoms with Crippen molar-refractivity contribution in [2.75, 3.05) is 13.1 Å². The number of hydrogen-bond donors (Lipinski definition) is 2. The molecule has 3 rings (SSSR count). The van der Waals surface area contributed by atoms with Crippen molar-refractivity contribution in [3.8, 4) is 5.75 Å². The summed E-state index contributed by atoms with van der Waals surface area (Å²) in [6.45, 7) is -0.104. The first-order valence-electron chi connectivity index (χ1n) is 7.09. The lowest BCUT2D eigenvalue weighted by atomic mass is 10.0. The molecule has 0 aliphatic carbocycles. The quantitative estimate of drug-likeness (QED) is 0.834. The summed E-state index contributed by atoms with van der Waals surface area (Å²) in [5, 5.41) is 11.7. The molecule has 116 valence electrons. The Kier molecular flexibility index (Phi) is 3.48. The van der Waals surface area contributed by atoms with Crippen molar-refractivity contribution in [3.05, 3.63) is 29.8 Å². The van der Waals surface area contributed by atoms with Crippen LogP contribution in [0, 0.1) is 0 Å². The molecule has 1 spiro atoms. The van der Waals surface area contributed by atoms with Gasteiger partial charge in [-0.15, -0.1) is 0 Å². The van der Waals surface area contributed by atoms with Gasteiger partial charge in [-0.25, -0.2) is 0 Å². The summed E-state index contributed by atoms with van der Waals surface area (Å²) in [6.07, 6.45) is 0.809. The third-order valence-electron chi connectivity index (χ3n) is 3.99. The van der Waals surface area contributed by atoms with E-state index < -0.39 is 11.7 Å². The second-order valence-electron chi connectivity index (χ2n) is 5.51. The minimum Gasteiger partial charge on any atom is -0.480 e. The van der Waals surface area contributed by atoms with Gasteiger partial charge in [0.15, 0.2) is 5.72 Å². The number of carboxylic acid groups (broad SMARTS) is 1. The number of fused-ring (bicyclic) bond motifs is 1. The van der Waals surface area contributed by atoms with Gasteiger partial charge in [0.05, 0.1) is 5.56 Å². The van der Waals surface area contributed by atoms with E-state index in [1.165, 1.54) is 4.90 Å². The number of hydrogen-bond acceptors (Lipinski definition) is 4. The van der Waals surface area contributed by atoms with E-state index in [9.17, 15) is 14.4 Å². The SMILES string of the molecule is O=C(O)CN1CC[C@]2(CCC1=O)NC(=O)c1ccccc1O2. The summed E-state index contributed by atoms with van der Waals surface area (Å²) in [5.74, 6) is -1.04. The van der Waals surface area contributed by atoms with Crippen LogP contribution >= 0.6 is 0 Å². The number of carbonyl (C=O) groups is 3. The molecule has 0 saturated carbocycles. The third kappa shape index (κ3) is 2.61. The van der Waals surface area contributed by atoms with Crippen LogP contribution in [-0.2, 0) is 9.59 Å². The molecule has 1 atom stereocenters. The van der Waals surface area contributed by atoms with Gasteiger partial charge in [0.2, 0.25) is 5.91 Å². The Morgan fingerprint density at radius 2 is 2.09 bits per heavy atom. The minimum absolute atomic E-state index is 0.135. The van der Waals surface area contributed by atoms with Gasteiger partial charge in [-0.2, -0.15) is 0 Å². The lowest BCUT2D eigenvalue weighted by molar-refractivity contribution is -0.144. The normalized spacial score (nSPS) is 24.3. The molecule has 2 aliphatic heterocycles. The average Bonchev–Trinajstić information content (AvgIpc) is 2.61. The van der Waals surface area contributed by atoms with Gasteiger partial charge in [0.25, 0.3) is 5.91 Å². The van der Waals surface area contributed by atoms with Crippen LogP contribution in [0.5, 0.6) is 5.75 Å². The molecule has 2 aliphatic rings. The molecule has 2 heterocycles. The highest BCUT2D eigenvalue weighted by Gasteiger charge is 2.42. The molecular formula is C15H16N2O5. The maximum atomic E-state index is 12.2. The van der Waals surface area contributed by atoms with Crippen molar-refractivity contribution in [2.24, 2.45) is 0 Å². The van der Waals surface area contributed by atoms with Crippen LogP contribution in [0.3, 0.4) is 0 Å². The molecule has 7 heteroatoms. The predicted molar refractivity (Wildman–Crippen MR) is 75.3 cm³/mol. The number of carboxylic acids is 1. The molecule has 1 fully saturated rings. The summed E-state index contributed by atoms with van der Waals surface area (Å²) < 4.78 is 5.95. The summed E-state index contributed by atoms with van der Waals surface area (Å²) in [7, 11) is 0. The monoisotopic (exact) mass is 304 g/mol. The van der Waals surface area contributed by atoms with Crippen LogP contribution in [0.4, 0.5) is 0 Å². The van der Waals surface area contributed by atoms with Crippen molar-refractivity contribution >= 4 is 17.8 Å². The van der Waals surface area contributed by atoms with E-state index in [0.717, 1.165) is 0 Å². The van der Waals surface area contributed by atoms with Gasteiger partial charge in [-0.3, -0.25) is 14.4 Å². The summed E-state index contributed by atoms with van der Waals surface area (Å²) >= 11 is 0. The number of likely N-dealkylation sites (tertiary alicyclic amines) is 1. The second-order valence-corrected chi connectivity index (χ2v) is 5.51. The van der Waals surface area contributed by atoms with Gasteiger partial charge in [0, 0.05) is 25.8 Å². The zero-order chi connectivity index (χ0) is 15.7. The highest BCUT2D eigenvalue weighted by molar-refractivity contribution is 5.98. The fourth-order valence-electron chi connectivity index (χ4n) is 2.84. The summed E-state index contributed by atoms with van der Waals surface area (Å²) in [5.41, 5.74) is -0.486. The molecule has 7 nitrogen and oxygen atoms in total. The Balaban J connectivity index is 1.82. The summed E-state index contributed by atoms with van der Waals surface area (Å²) in [4.78, 5) is 36.3. The number of nitrogens with zero attached hydrogens (tertiary/aromatic N) is 1. The molecule has 0 radical (unpaired) electrons. The Bertz CT molecular complexity index is 645. The molecule has 2 N–H and O–H groups in total. The maximum Gasteiger partial charge on any atom is 0.323 e. The third-order valence-corrected chi connectivity index (χ3v) is 3.99. The number of para-hydroxylation sites is 1. The first-order valence-corrected chi connectivity index (χ1v) is 7.09.